The number of nitrogens with one attached hydrogen (secondary N) is 1. The summed E-state index contributed by atoms with van der Waals surface area (Å²) >= 11 is 6.03. The lowest BCUT2D eigenvalue weighted by Gasteiger charge is -2.29. The van der Waals surface area contributed by atoms with Gasteiger partial charge in [-0.2, -0.15) is 4.98 Å². The van der Waals surface area contributed by atoms with Gasteiger partial charge in [-0.05, 0) is 74.8 Å². The van der Waals surface area contributed by atoms with Crippen LogP contribution < -0.4 is 10.1 Å². The molecule has 0 aliphatic carbocycles. The normalized spacial score (nSPS) is 15.1. The Bertz CT molecular complexity index is 1040. The summed E-state index contributed by atoms with van der Waals surface area (Å²) < 4.78 is 10.7. The number of benzene rings is 2. The first-order chi connectivity index (χ1) is 15.0. The van der Waals surface area contributed by atoms with Crippen LogP contribution in [0.25, 0.3) is 11.4 Å². The zero-order valence-corrected chi connectivity index (χ0v) is 18.4. The standard InChI is InChI=1S/C23H25ClN4O3/c1-15-3-6-18(24)13-20(15)25-21(29)14-28-11-9-17(10-12-28)23-26-22(27-31-23)16-4-7-19(30-2)8-5-16/h3-8,13,17H,9-12,14H2,1-2H3,(H,25,29). The van der Waals surface area contributed by atoms with Crippen molar-refractivity contribution in [1.29, 1.82) is 0 Å². The second-order valence-corrected chi connectivity index (χ2v) is 8.18. The fraction of sp³-hybridized carbons (Fsp3) is 0.348. The van der Waals surface area contributed by atoms with Gasteiger partial charge in [0, 0.05) is 22.2 Å². The molecule has 0 saturated carbocycles. The maximum atomic E-state index is 12.5. The van der Waals surface area contributed by atoms with Gasteiger partial charge in [-0.3, -0.25) is 9.69 Å². The Morgan fingerprint density at radius 2 is 1.97 bits per heavy atom. The predicted octanol–water partition coefficient (Wildman–Crippen LogP) is 4.53. The molecule has 4 rings (SSSR count). The number of aromatic nitrogens is 2. The van der Waals surface area contributed by atoms with Crippen molar-refractivity contribution in [2.24, 2.45) is 0 Å². The van der Waals surface area contributed by atoms with Crippen LogP contribution in [-0.2, 0) is 4.79 Å². The number of hydrogen-bond acceptors (Lipinski definition) is 6. The molecule has 1 N–H and O–H groups in total. The summed E-state index contributed by atoms with van der Waals surface area (Å²) in [5.74, 6) is 2.19. The zero-order chi connectivity index (χ0) is 21.8. The highest BCUT2D eigenvalue weighted by atomic mass is 35.5. The molecule has 0 unspecified atom stereocenters. The molecule has 1 aromatic heterocycles. The van der Waals surface area contributed by atoms with Crippen LogP contribution in [0.3, 0.4) is 0 Å². The number of methoxy groups -OCH3 is 1. The second kappa shape index (κ2) is 9.49. The lowest BCUT2D eigenvalue weighted by atomic mass is 9.97. The van der Waals surface area contributed by atoms with E-state index in [0.29, 0.717) is 23.3 Å². The van der Waals surface area contributed by atoms with Crippen LogP contribution in [0.2, 0.25) is 5.02 Å². The van der Waals surface area contributed by atoms with E-state index in [1.54, 1.807) is 13.2 Å². The van der Waals surface area contributed by atoms with Crippen LogP contribution in [0.5, 0.6) is 5.75 Å². The highest BCUT2D eigenvalue weighted by Crippen LogP contribution is 2.29. The van der Waals surface area contributed by atoms with Gasteiger partial charge >= 0.3 is 0 Å². The van der Waals surface area contributed by atoms with E-state index in [1.807, 2.05) is 43.3 Å². The SMILES string of the molecule is COc1ccc(-c2noc(C3CCN(CC(=O)Nc4cc(Cl)ccc4C)CC3)n2)cc1. The first-order valence-electron chi connectivity index (χ1n) is 10.3. The van der Waals surface area contributed by atoms with Crippen molar-refractivity contribution in [2.45, 2.75) is 25.7 Å². The Morgan fingerprint density at radius 3 is 2.68 bits per heavy atom. The number of carbonyl (C=O) groups excluding carboxylic acids is 1. The minimum Gasteiger partial charge on any atom is -0.497 e. The van der Waals surface area contributed by atoms with Crippen molar-refractivity contribution >= 4 is 23.2 Å². The van der Waals surface area contributed by atoms with Gasteiger partial charge in [0.25, 0.3) is 0 Å². The van der Waals surface area contributed by atoms with Crippen molar-refractivity contribution in [3.05, 3.63) is 58.9 Å². The maximum Gasteiger partial charge on any atom is 0.238 e. The minimum absolute atomic E-state index is 0.0385. The van der Waals surface area contributed by atoms with Crippen molar-refractivity contribution in [2.75, 3.05) is 32.1 Å². The third kappa shape index (κ3) is 5.24. The number of anilines is 1. The number of ether oxygens (including phenoxy) is 1. The summed E-state index contributed by atoms with van der Waals surface area (Å²) in [7, 11) is 1.63. The number of rotatable bonds is 6. The third-order valence-corrected chi connectivity index (χ3v) is 5.80. The van der Waals surface area contributed by atoms with Gasteiger partial charge < -0.3 is 14.6 Å². The molecule has 0 spiro atoms. The van der Waals surface area contributed by atoms with Crippen molar-refractivity contribution in [3.63, 3.8) is 0 Å². The summed E-state index contributed by atoms with van der Waals surface area (Å²) in [4.78, 5) is 19.2. The molecule has 2 aromatic carbocycles. The number of carbonyl (C=O) groups is 1. The van der Waals surface area contributed by atoms with E-state index in [9.17, 15) is 4.79 Å². The molecule has 1 aliphatic rings. The number of amides is 1. The molecule has 1 amide bonds. The van der Waals surface area contributed by atoms with Crippen LogP contribution in [0.1, 0.15) is 30.2 Å². The van der Waals surface area contributed by atoms with Gasteiger partial charge in [-0.15, -0.1) is 0 Å². The molecular formula is C23H25ClN4O3. The summed E-state index contributed by atoms with van der Waals surface area (Å²) in [6, 6.07) is 13.1. The first-order valence-corrected chi connectivity index (χ1v) is 10.7. The van der Waals surface area contributed by atoms with Crippen molar-refractivity contribution in [1.82, 2.24) is 15.0 Å². The Balaban J connectivity index is 1.30. The topological polar surface area (TPSA) is 80.5 Å². The largest absolute Gasteiger partial charge is 0.497 e. The van der Waals surface area contributed by atoms with Gasteiger partial charge in [0.2, 0.25) is 17.6 Å². The number of halogens is 1. The average Bonchev–Trinajstić information content (AvgIpc) is 3.27. The fourth-order valence-corrected chi connectivity index (χ4v) is 3.89. The van der Waals surface area contributed by atoms with E-state index in [4.69, 9.17) is 20.9 Å². The summed E-state index contributed by atoms with van der Waals surface area (Å²) in [6.07, 6.45) is 1.74. The van der Waals surface area contributed by atoms with Crippen LogP contribution in [0.4, 0.5) is 5.69 Å². The third-order valence-electron chi connectivity index (χ3n) is 5.57. The molecule has 1 saturated heterocycles. The lowest BCUT2D eigenvalue weighted by molar-refractivity contribution is -0.117. The first kappa shape index (κ1) is 21.3. The fourth-order valence-electron chi connectivity index (χ4n) is 3.72. The molecule has 1 fully saturated rings. The second-order valence-electron chi connectivity index (χ2n) is 7.74. The van der Waals surface area contributed by atoms with Crippen LogP contribution in [0, 0.1) is 6.92 Å². The molecule has 0 atom stereocenters. The summed E-state index contributed by atoms with van der Waals surface area (Å²) in [5, 5.41) is 7.69. The molecule has 8 heteroatoms. The molecule has 31 heavy (non-hydrogen) atoms. The summed E-state index contributed by atoms with van der Waals surface area (Å²) in [6.45, 7) is 3.89. The van der Waals surface area contributed by atoms with E-state index >= 15 is 0 Å². The van der Waals surface area contributed by atoms with Crippen LogP contribution in [-0.4, -0.2) is 47.7 Å². The quantitative estimate of drug-likeness (QED) is 0.606. The van der Waals surface area contributed by atoms with Gasteiger partial charge in [0.1, 0.15) is 5.75 Å². The van der Waals surface area contributed by atoms with E-state index in [-0.39, 0.29) is 11.8 Å². The van der Waals surface area contributed by atoms with Gasteiger partial charge in [-0.1, -0.05) is 22.8 Å². The Kier molecular flexibility index (Phi) is 6.53. The Labute approximate surface area is 186 Å². The van der Waals surface area contributed by atoms with Crippen LogP contribution >= 0.6 is 11.6 Å². The van der Waals surface area contributed by atoms with Gasteiger partial charge in [0.15, 0.2) is 0 Å². The number of hydrogen-bond donors (Lipinski definition) is 1. The molecule has 0 bridgehead atoms. The smallest absolute Gasteiger partial charge is 0.238 e. The van der Waals surface area contributed by atoms with Crippen LogP contribution in [0.15, 0.2) is 47.0 Å². The van der Waals surface area contributed by atoms with Gasteiger partial charge in [-0.25, -0.2) is 0 Å². The predicted molar refractivity (Wildman–Crippen MR) is 120 cm³/mol. The molecule has 3 aromatic rings. The molecule has 7 nitrogen and oxygen atoms in total. The number of nitrogens with zero attached hydrogens (tertiary/aromatic N) is 3. The maximum absolute atomic E-state index is 12.5. The molecular weight excluding hydrogens is 416 g/mol. The van der Waals surface area contributed by atoms with E-state index < -0.39 is 0 Å². The minimum atomic E-state index is -0.0385. The Hall–Kier alpha value is -2.90. The van der Waals surface area contributed by atoms with Gasteiger partial charge in [0.05, 0.1) is 13.7 Å². The highest BCUT2D eigenvalue weighted by molar-refractivity contribution is 6.31. The Morgan fingerprint density at radius 1 is 1.23 bits per heavy atom. The van der Waals surface area contributed by atoms with E-state index in [1.165, 1.54) is 0 Å². The van der Waals surface area contributed by atoms with Crippen molar-refractivity contribution in [3.8, 4) is 17.1 Å². The lowest BCUT2D eigenvalue weighted by Crippen LogP contribution is -2.38. The molecule has 0 radical (unpaired) electrons. The highest BCUT2D eigenvalue weighted by Gasteiger charge is 2.26. The van der Waals surface area contributed by atoms with Crippen molar-refractivity contribution < 1.29 is 14.1 Å². The number of piperidine rings is 1. The van der Waals surface area contributed by atoms with E-state index in [0.717, 1.165) is 48.5 Å². The molecule has 1 aliphatic heterocycles. The monoisotopic (exact) mass is 440 g/mol. The molecule has 162 valence electrons. The molecule has 2 heterocycles. The van der Waals surface area contributed by atoms with E-state index in [2.05, 4.69) is 20.4 Å². The zero-order valence-electron chi connectivity index (χ0n) is 17.6. The number of likely N-dealkylation sites (tertiary alicyclic amines) is 1. The average molecular weight is 441 g/mol. The number of aryl methyl sites for hydroxylation is 1. The summed E-state index contributed by atoms with van der Waals surface area (Å²) in [5.41, 5.74) is 2.63.